The van der Waals surface area contributed by atoms with E-state index in [1.165, 1.54) is 17.7 Å². The average molecular weight is 354 g/mol. The molecular formula is C17H15FN6O2. The molecule has 9 heteroatoms. The van der Waals surface area contributed by atoms with Crippen molar-refractivity contribution < 1.29 is 13.9 Å². The molecule has 0 aliphatic carbocycles. The van der Waals surface area contributed by atoms with Gasteiger partial charge in [-0.15, -0.1) is 0 Å². The molecule has 132 valence electrons. The van der Waals surface area contributed by atoms with Crippen LogP contribution in [-0.4, -0.2) is 37.0 Å². The van der Waals surface area contributed by atoms with Crippen LogP contribution in [0.15, 0.2) is 36.7 Å². The van der Waals surface area contributed by atoms with Gasteiger partial charge in [0.15, 0.2) is 17.3 Å². The lowest BCUT2D eigenvalue weighted by Crippen LogP contribution is -2.10. The highest BCUT2D eigenvalue weighted by atomic mass is 19.1. The second kappa shape index (κ2) is 6.10. The molecule has 0 amide bonds. The van der Waals surface area contributed by atoms with Crippen LogP contribution in [0.25, 0.3) is 27.8 Å². The van der Waals surface area contributed by atoms with Gasteiger partial charge in [-0.05, 0) is 18.2 Å². The molecule has 0 atom stereocenters. The highest BCUT2D eigenvalue weighted by Gasteiger charge is 2.18. The largest absolute Gasteiger partial charge is 0.464 e. The van der Waals surface area contributed by atoms with E-state index < -0.39 is 5.82 Å². The van der Waals surface area contributed by atoms with E-state index in [1.54, 1.807) is 16.9 Å². The molecule has 8 nitrogen and oxygen atoms in total. The fourth-order valence-electron chi connectivity index (χ4n) is 2.83. The number of pyridine rings is 2. The molecule has 0 aliphatic rings. The molecule has 0 aromatic carbocycles. The van der Waals surface area contributed by atoms with Crippen molar-refractivity contribution in [2.45, 2.75) is 13.5 Å². The maximum atomic E-state index is 14.7. The SMILES string of the molecule is CC(=O)OCCn1nc(N)c2cc(F)c(-c3cnn4ccccc34)nc21. The molecule has 4 rings (SSSR count). The number of carbonyl (C=O) groups is 1. The summed E-state index contributed by atoms with van der Waals surface area (Å²) < 4.78 is 22.8. The van der Waals surface area contributed by atoms with E-state index in [4.69, 9.17) is 10.5 Å². The molecule has 26 heavy (non-hydrogen) atoms. The number of nitrogen functional groups attached to an aromatic ring is 1. The van der Waals surface area contributed by atoms with Gasteiger partial charge in [0, 0.05) is 18.7 Å². The molecule has 0 aliphatic heterocycles. The van der Waals surface area contributed by atoms with Gasteiger partial charge >= 0.3 is 5.97 Å². The van der Waals surface area contributed by atoms with Crippen molar-refractivity contribution in [2.24, 2.45) is 0 Å². The lowest BCUT2D eigenvalue weighted by Gasteiger charge is -2.05. The number of rotatable bonds is 4. The number of hydrogen-bond acceptors (Lipinski definition) is 6. The van der Waals surface area contributed by atoms with E-state index in [2.05, 4.69) is 15.2 Å². The first-order valence-electron chi connectivity index (χ1n) is 7.93. The highest BCUT2D eigenvalue weighted by molar-refractivity contribution is 5.90. The minimum absolute atomic E-state index is 0.122. The maximum absolute atomic E-state index is 14.7. The first-order valence-corrected chi connectivity index (χ1v) is 7.93. The van der Waals surface area contributed by atoms with Crippen LogP contribution in [0, 0.1) is 5.82 Å². The predicted octanol–water partition coefficient (Wildman–Crippen LogP) is 2.03. The predicted molar refractivity (Wildman–Crippen MR) is 92.7 cm³/mol. The summed E-state index contributed by atoms with van der Waals surface area (Å²) in [4.78, 5) is 15.4. The standard InChI is InChI=1S/C17H15FN6O2/c1-10(25)26-7-6-24-17-11(16(19)22-24)8-13(18)15(21-17)12-9-20-23-5-3-2-4-14(12)23/h2-5,8-9H,6-7H2,1H3,(H2,19,22). The lowest BCUT2D eigenvalue weighted by atomic mass is 10.1. The van der Waals surface area contributed by atoms with Gasteiger partial charge in [-0.1, -0.05) is 6.07 Å². The summed E-state index contributed by atoms with van der Waals surface area (Å²) in [6.07, 6.45) is 3.34. The van der Waals surface area contributed by atoms with Gasteiger partial charge in [-0.25, -0.2) is 18.6 Å². The van der Waals surface area contributed by atoms with Crippen molar-refractivity contribution in [1.29, 1.82) is 0 Å². The molecule has 0 radical (unpaired) electrons. The van der Waals surface area contributed by atoms with Gasteiger partial charge in [0.1, 0.15) is 12.3 Å². The summed E-state index contributed by atoms with van der Waals surface area (Å²) in [7, 11) is 0. The van der Waals surface area contributed by atoms with Crippen molar-refractivity contribution in [3.05, 3.63) is 42.5 Å². The van der Waals surface area contributed by atoms with E-state index >= 15 is 0 Å². The van der Waals surface area contributed by atoms with Crippen molar-refractivity contribution in [3.63, 3.8) is 0 Å². The van der Waals surface area contributed by atoms with Crippen LogP contribution < -0.4 is 5.73 Å². The fraction of sp³-hybridized carbons (Fsp3) is 0.176. The van der Waals surface area contributed by atoms with Crippen LogP contribution in [0.3, 0.4) is 0 Å². The van der Waals surface area contributed by atoms with Crippen molar-refractivity contribution >= 4 is 28.3 Å². The number of nitrogens with two attached hydrogens (primary N) is 1. The van der Waals surface area contributed by atoms with Crippen molar-refractivity contribution in [2.75, 3.05) is 12.3 Å². The monoisotopic (exact) mass is 354 g/mol. The number of nitrogens with zero attached hydrogens (tertiary/aromatic N) is 5. The number of anilines is 1. The van der Waals surface area contributed by atoms with E-state index in [9.17, 15) is 9.18 Å². The molecule has 4 aromatic rings. The number of fused-ring (bicyclic) bond motifs is 2. The highest BCUT2D eigenvalue weighted by Crippen LogP contribution is 2.29. The minimum atomic E-state index is -0.512. The minimum Gasteiger partial charge on any atom is -0.464 e. The zero-order valence-electron chi connectivity index (χ0n) is 13.9. The summed E-state index contributed by atoms with van der Waals surface area (Å²) in [5, 5.41) is 8.79. The van der Waals surface area contributed by atoms with E-state index in [0.717, 1.165) is 5.52 Å². The second-order valence-corrected chi connectivity index (χ2v) is 5.73. The number of aromatic nitrogens is 5. The topological polar surface area (TPSA) is 100 Å². The number of ether oxygens (including phenoxy) is 1. The van der Waals surface area contributed by atoms with Gasteiger partial charge in [0.05, 0.1) is 23.6 Å². The first kappa shape index (κ1) is 16.0. The number of halogens is 1. The zero-order valence-corrected chi connectivity index (χ0v) is 13.9. The second-order valence-electron chi connectivity index (χ2n) is 5.73. The number of hydrogen-bond donors (Lipinski definition) is 1. The van der Waals surface area contributed by atoms with Crippen LogP contribution in [0.4, 0.5) is 10.2 Å². The average Bonchev–Trinajstić information content (AvgIpc) is 3.16. The summed E-state index contributed by atoms with van der Waals surface area (Å²) in [6, 6.07) is 6.83. The molecule has 0 saturated carbocycles. The third kappa shape index (κ3) is 2.63. The van der Waals surface area contributed by atoms with Gasteiger partial charge in [0.25, 0.3) is 0 Å². The molecular weight excluding hydrogens is 339 g/mol. The third-order valence-corrected chi connectivity index (χ3v) is 3.99. The molecule has 0 saturated heterocycles. The van der Waals surface area contributed by atoms with Gasteiger partial charge < -0.3 is 10.5 Å². The Morgan fingerprint density at radius 1 is 1.38 bits per heavy atom. The molecule has 0 spiro atoms. The Labute approximate surface area is 147 Å². The van der Waals surface area contributed by atoms with Gasteiger partial charge in [0.2, 0.25) is 0 Å². The molecule has 4 heterocycles. The molecule has 0 unspecified atom stereocenters. The molecule has 4 aromatic heterocycles. The maximum Gasteiger partial charge on any atom is 0.302 e. The number of esters is 1. The third-order valence-electron chi connectivity index (χ3n) is 3.99. The van der Waals surface area contributed by atoms with Crippen molar-refractivity contribution in [3.8, 4) is 11.3 Å². The van der Waals surface area contributed by atoms with Crippen LogP contribution in [0.2, 0.25) is 0 Å². The molecule has 0 bridgehead atoms. The Morgan fingerprint density at radius 3 is 3.04 bits per heavy atom. The van der Waals surface area contributed by atoms with Gasteiger partial charge in [-0.3, -0.25) is 4.79 Å². The Hall–Kier alpha value is -3.49. The fourth-order valence-corrected chi connectivity index (χ4v) is 2.83. The molecule has 2 N–H and O–H groups in total. The normalized spacial score (nSPS) is 11.3. The molecule has 0 fully saturated rings. The Balaban J connectivity index is 1.83. The van der Waals surface area contributed by atoms with Crippen molar-refractivity contribution in [1.82, 2.24) is 24.4 Å². The quantitative estimate of drug-likeness (QED) is 0.563. The van der Waals surface area contributed by atoms with Gasteiger partial charge in [-0.2, -0.15) is 10.2 Å². The van der Waals surface area contributed by atoms with Crippen LogP contribution in [0.5, 0.6) is 0 Å². The van der Waals surface area contributed by atoms with Crippen LogP contribution >= 0.6 is 0 Å². The lowest BCUT2D eigenvalue weighted by molar-refractivity contribution is -0.141. The summed E-state index contributed by atoms with van der Waals surface area (Å²) in [6.45, 7) is 1.71. The Bertz CT molecular complexity index is 1130. The van der Waals surface area contributed by atoms with E-state index in [-0.39, 0.29) is 30.6 Å². The summed E-state index contributed by atoms with van der Waals surface area (Å²) in [5.74, 6) is -0.733. The Morgan fingerprint density at radius 2 is 2.23 bits per heavy atom. The number of carbonyl (C=O) groups excluding carboxylic acids is 1. The van der Waals surface area contributed by atoms with Crippen LogP contribution in [-0.2, 0) is 16.1 Å². The summed E-state index contributed by atoms with van der Waals surface area (Å²) >= 11 is 0. The zero-order chi connectivity index (χ0) is 18.3. The Kier molecular flexibility index (Phi) is 3.76. The van der Waals surface area contributed by atoms with Crippen LogP contribution in [0.1, 0.15) is 6.92 Å². The summed E-state index contributed by atoms with van der Waals surface area (Å²) in [5.41, 5.74) is 7.75. The van der Waals surface area contributed by atoms with E-state index in [0.29, 0.717) is 16.6 Å². The van der Waals surface area contributed by atoms with E-state index in [1.807, 2.05) is 18.2 Å². The smallest absolute Gasteiger partial charge is 0.302 e. The first-order chi connectivity index (χ1) is 12.5.